The summed E-state index contributed by atoms with van der Waals surface area (Å²) in [7, 11) is -2.50. The average molecular weight is 1360 g/mol. The lowest BCUT2D eigenvalue weighted by atomic mass is 9.84. The third kappa shape index (κ3) is 21.7. The quantitative estimate of drug-likeness (QED) is 0.0168. The van der Waals surface area contributed by atoms with Crippen molar-refractivity contribution < 1.29 is 80.2 Å². The molecular formula is C74H116O17Si3. The smallest absolute Gasteiger partial charge is 0.338 e. The summed E-state index contributed by atoms with van der Waals surface area (Å²) in [6, 6.07) is 20.3. The molecule has 0 amide bonds. The average Bonchev–Trinajstić information content (AvgIpc) is 0.945. The molecule has 0 bridgehead atoms. The number of hydrogen-bond acceptors (Lipinski definition) is 17. The van der Waals surface area contributed by atoms with Crippen molar-refractivity contribution >= 4 is 48.5 Å². The van der Waals surface area contributed by atoms with E-state index in [4.69, 9.17) is 55.9 Å². The highest BCUT2D eigenvalue weighted by atomic mass is 28.4. The largest absolute Gasteiger partial charge is 0.458 e. The van der Waals surface area contributed by atoms with Gasteiger partial charge in [-0.15, -0.1) is 5.73 Å². The van der Waals surface area contributed by atoms with Crippen molar-refractivity contribution in [3.8, 4) is 0 Å². The van der Waals surface area contributed by atoms with Crippen LogP contribution in [0, 0.1) is 5.92 Å². The highest BCUT2D eigenvalue weighted by Gasteiger charge is 2.56. The minimum Gasteiger partial charge on any atom is -0.458 e. The van der Waals surface area contributed by atoms with E-state index in [1.54, 1.807) is 73.8 Å². The fourth-order valence-corrected chi connectivity index (χ4v) is 18.4. The van der Waals surface area contributed by atoms with Crippen LogP contribution in [-0.2, 0) is 65.5 Å². The third-order valence-corrected chi connectivity index (χ3v) is 34.6. The van der Waals surface area contributed by atoms with Gasteiger partial charge in [-0.2, -0.15) is 0 Å². The van der Waals surface area contributed by atoms with E-state index in [2.05, 4.69) is 114 Å². The number of allylic oxidation sites excluding steroid dienone is 1. The maximum atomic E-state index is 14.7. The minimum absolute atomic E-state index is 0.0346. The summed E-state index contributed by atoms with van der Waals surface area (Å²) in [6.07, 6.45) is -0.775. The number of Topliss-reactive ketones (excluding diaryl/α,β-unsaturated/α-hetero) is 1. The molecule has 1 N–H and O–H groups in total. The molecule has 0 radical (unpaired) electrons. The molecule has 94 heavy (non-hydrogen) atoms. The Morgan fingerprint density at radius 3 is 1.93 bits per heavy atom. The molecule has 4 heterocycles. The Kier molecular flexibility index (Phi) is 29.9. The third-order valence-electron chi connectivity index (χ3n) is 21.0. The molecule has 2 aromatic carbocycles. The first-order chi connectivity index (χ1) is 44.3. The summed E-state index contributed by atoms with van der Waals surface area (Å²) in [5, 5.41) is 12.4. The molecule has 6 rings (SSSR count). The summed E-state index contributed by atoms with van der Waals surface area (Å²) >= 11 is 0. The van der Waals surface area contributed by atoms with Gasteiger partial charge in [-0.1, -0.05) is 118 Å². The Balaban J connectivity index is 1.18. The normalized spacial score (nSPS) is 26.4. The summed E-state index contributed by atoms with van der Waals surface area (Å²) in [6.45, 7) is 38.5. The maximum absolute atomic E-state index is 14.7. The molecule has 2 aromatic rings. The summed E-state index contributed by atoms with van der Waals surface area (Å²) in [5.74, 6) is -1.86. The van der Waals surface area contributed by atoms with Crippen LogP contribution >= 0.6 is 0 Å². The summed E-state index contributed by atoms with van der Waals surface area (Å²) in [4.78, 5) is 55.6. The van der Waals surface area contributed by atoms with E-state index < -0.39 is 116 Å². The number of carbonyl (C=O) groups is 4. The van der Waals surface area contributed by atoms with Crippen molar-refractivity contribution in [2.24, 2.45) is 5.92 Å². The van der Waals surface area contributed by atoms with E-state index in [0.717, 1.165) is 48.5 Å². The second-order valence-corrected chi connectivity index (χ2v) is 43.8. The van der Waals surface area contributed by atoms with Crippen molar-refractivity contribution in [2.75, 3.05) is 27.9 Å². The zero-order valence-electron chi connectivity index (χ0n) is 59.9. The number of esters is 2. The van der Waals surface area contributed by atoms with Gasteiger partial charge in [0.2, 0.25) is 0 Å². The number of fused-ring (bicyclic) bond motifs is 1. The Hall–Kier alpha value is -4.07. The van der Waals surface area contributed by atoms with Crippen LogP contribution in [0.3, 0.4) is 0 Å². The van der Waals surface area contributed by atoms with Gasteiger partial charge in [0, 0.05) is 71.9 Å². The van der Waals surface area contributed by atoms with Crippen molar-refractivity contribution in [3.63, 3.8) is 0 Å². The van der Waals surface area contributed by atoms with E-state index in [1.807, 2.05) is 6.08 Å². The summed E-state index contributed by atoms with van der Waals surface area (Å²) in [5.41, 5.74) is 5.89. The number of ether oxygens (including phenoxy) is 9. The predicted octanol–water partition coefficient (Wildman–Crippen LogP) is 14.6. The molecule has 5 unspecified atom stereocenters. The molecule has 17 nitrogen and oxygen atoms in total. The van der Waals surface area contributed by atoms with Crippen LogP contribution in [0.5, 0.6) is 0 Å². The van der Waals surface area contributed by atoms with Gasteiger partial charge < -0.3 is 61.0 Å². The Labute approximate surface area is 566 Å². The molecular weight excluding hydrogens is 1250 g/mol. The van der Waals surface area contributed by atoms with Crippen LogP contribution in [0.15, 0.2) is 103 Å². The van der Waals surface area contributed by atoms with Crippen molar-refractivity contribution in [1.29, 1.82) is 0 Å². The van der Waals surface area contributed by atoms with Gasteiger partial charge in [0.1, 0.15) is 42.9 Å². The van der Waals surface area contributed by atoms with Gasteiger partial charge in [-0.05, 0) is 141 Å². The van der Waals surface area contributed by atoms with Gasteiger partial charge in [-0.3, -0.25) is 9.59 Å². The molecule has 526 valence electrons. The van der Waals surface area contributed by atoms with Crippen LogP contribution in [0.4, 0.5) is 0 Å². The zero-order valence-corrected chi connectivity index (χ0v) is 62.9. The number of ketones is 2. The molecule has 4 saturated heterocycles. The molecule has 0 aromatic heterocycles. The number of carbonyl (C=O) groups excluding carboxylic acids is 4. The molecule has 4 aliphatic rings. The molecule has 4 aliphatic heterocycles. The fraction of sp³-hybridized carbons (Fsp3) is 0.689. The van der Waals surface area contributed by atoms with E-state index >= 15 is 0 Å². The zero-order chi connectivity index (χ0) is 69.3. The lowest BCUT2D eigenvalue weighted by molar-refractivity contribution is -0.269. The van der Waals surface area contributed by atoms with Gasteiger partial charge in [0.05, 0.1) is 60.0 Å². The number of aliphatic hydroxyl groups is 1. The number of methoxy groups -OCH3 is 3. The Bertz CT molecular complexity index is 2810. The fourth-order valence-electron chi connectivity index (χ4n) is 12.9. The van der Waals surface area contributed by atoms with Crippen LogP contribution in [-0.4, -0.2) is 173 Å². The molecule has 4 fully saturated rings. The van der Waals surface area contributed by atoms with Gasteiger partial charge in [0.15, 0.2) is 37.0 Å². The first kappa shape index (κ1) is 78.9. The van der Waals surface area contributed by atoms with Crippen molar-refractivity contribution in [2.45, 2.75) is 292 Å². The number of rotatable bonds is 36. The molecule has 15 atom stereocenters. The second-order valence-electron chi connectivity index (χ2n) is 29.6. The Morgan fingerprint density at radius 1 is 0.734 bits per heavy atom. The monoisotopic (exact) mass is 1360 g/mol. The van der Waals surface area contributed by atoms with Crippen molar-refractivity contribution in [1.82, 2.24) is 0 Å². The standard InChI is InChI=1S/C74H116O17Si3/c1-20-49(5)42-57(89-94(21-2,22-3)23-4)38-40-60-50(6)43-55(84-60)36-34-53(75)35-39-62(90-92(16,17)73(7,8)9)69-70(91-93(18,19)74(10,11)12)66(77)68-61(88-69)41-37-56(85-68)44-54(76)45-59-63(47-65(80-13)81-14)87-64(67(59)82-15)46-58(86-72(79)52-32-28-25-29-33-52)48-83-71(78)51-30-26-24-27-31-51/h24-33,35,39,55-70,77H,1,6,21-23,34,36-38,40-48H2,2-5,7-19H3/b39-35+/t55?,56-,57?,58-,59+,60?,61+,62+,63+,64?,66+,67-,68+,69+,70?/m1/s1. The SMILES string of the molecule is C=C=C(C)CC(CCC1OC(CCC(=O)/C=C/[C@H](O[Si](C)(C)C(C)(C)C)[C@@H]2O[C@H]3CC[C@H](CC(=O)C[C@H]4[C@H](CC(OC)OC)OC(C[C@H](COC(=O)c5ccccc5)OC(=O)c5ccccc5)[C@@H]4OC)O[C@@H]3[C@H](O)C2O[Si](C)(C)C(C)(C)C)CC1=C)O[Si](CC)(CC)CC. The van der Waals surface area contributed by atoms with E-state index in [-0.39, 0.29) is 78.7 Å². The molecule has 0 saturated carbocycles. The number of benzene rings is 2. The van der Waals surface area contributed by atoms with Gasteiger partial charge in [-0.25, -0.2) is 9.59 Å². The topological polar surface area (TPSA) is 199 Å². The first-order valence-electron chi connectivity index (χ1n) is 34.5. The van der Waals surface area contributed by atoms with Crippen molar-refractivity contribution in [3.05, 3.63) is 114 Å². The first-order valence-corrected chi connectivity index (χ1v) is 42.8. The van der Waals surface area contributed by atoms with Crippen LogP contribution < -0.4 is 0 Å². The maximum Gasteiger partial charge on any atom is 0.338 e. The predicted molar refractivity (Wildman–Crippen MR) is 373 cm³/mol. The van der Waals surface area contributed by atoms with Gasteiger partial charge in [0.25, 0.3) is 0 Å². The van der Waals surface area contributed by atoms with E-state index in [1.165, 1.54) is 14.2 Å². The number of hydrogen-bond donors (Lipinski definition) is 1. The van der Waals surface area contributed by atoms with Gasteiger partial charge >= 0.3 is 11.9 Å². The van der Waals surface area contributed by atoms with Crippen LogP contribution in [0.2, 0.25) is 54.4 Å². The van der Waals surface area contributed by atoms with Crippen LogP contribution in [0.1, 0.15) is 167 Å². The minimum atomic E-state index is -2.66. The van der Waals surface area contributed by atoms with E-state index in [0.29, 0.717) is 36.8 Å². The van der Waals surface area contributed by atoms with Crippen LogP contribution in [0.25, 0.3) is 0 Å². The molecule has 0 aliphatic carbocycles. The highest BCUT2D eigenvalue weighted by molar-refractivity contribution is 6.74. The highest BCUT2D eigenvalue weighted by Crippen LogP contribution is 2.45. The molecule has 20 heteroatoms. The molecule has 0 spiro atoms. The van der Waals surface area contributed by atoms with E-state index in [9.17, 15) is 24.3 Å². The summed E-state index contributed by atoms with van der Waals surface area (Å²) < 4.78 is 78.2. The number of aliphatic hydroxyl groups excluding tert-OH is 1. The second kappa shape index (κ2) is 35.6. The lowest BCUT2D eigenvalue weighted by Crippen LogP contribution is -2.67. The lowest BCUT2D eigenvalue weighted by Gasteiger charge is -2.53. The Morgan fingerprint density at radius 2 is 1.35 bits per heavy atom.